The van der Waals surface area contributed by atoms with Gasteiger partial charge in [0.2, 0.25) is 11.8 Å². The summed E-state index contributed by atoms with van der Waals surface area (Å²) >= 11 is 11.9. The largest absolute Gasteiger partial charge is 0.342 e. The molecule has 1 fully saturated rings. The summed E-state index contributed by atoms with van der Waals surface area (Å²) in [5.74, 6) is -0.220. The van der Waals surface area contributed by atoms with Crippen molar-refractivity contribution in [1.29, 1.82) is 0 Å². The third-order valence-electron chi connectivity index (χ3n) is 3.83. The number of amides is 2. The fraction of sp³-hybridized carbons (Fsp3) is 0.467. The molecular weight excluding hydrogens is 311 g/mol. The van der Waals surface area contributed by atoms with Gasteiger partial charge in [0.05, 0.1) is 10.0 Å². The van der Waals surface area contributed by atoms with Crippen LogP contribution in [0.4, 0.5) is 0 Å². The Balaban J connectivity index is 2.31. The van der Waals surface area contributed by atoms with E-state index in [0.717, 1.165) is 5.56 Å². The van der Waals surface area contributed by atoms with Crippen molar-refractivity contribution in [2.75, 3.05) is 0 Å². The lowest BCUT2D eigenvalue weighted by atomic mass is 9.94. The molecule has 1 aromatic carbocycles. The van der Waals surface area contributed by atoms with E-state index in [4.69, 9.17) is 23.2 Å². The Labute approximate surface area is 134 Å². The van der Waals surface area contributed by atoms with Crippen LogP contribution in [0.1, 0.15) is 32.8 Å². The highest BCUT2D eigenvalue weighted by molar-refractivity contribution is 6.42. The highest BCUT2D eigenvalue weighted by Crippen LogP contribution is 2.27. The fourth-order valence-electron chi connectivity index (χ4n) is 2.36. The van der Waals surface area contributed by atoms with Crippen LogP contribution in [0.3, 0.4) is 0 Å². The van der Waals surface area contributed by atoms with Crippen LogP contribution in [-0.4, -0.2) is 28.3 Å². The first-order chi connectivity index (χ1) is 9.77. The van der Waals surface area contributed by atoms with Gasteiger partial charge in [0.1, 0.15) is 11.6 Å². The lowest BCUT2D eigenvalue weighted by molar-refractivity contribution is -0.156. The number of hydrogen-bond donors (Lipinski definition) is 1. The average Bonchev–Trinajstić information content (AvgIpc) is 2.43. The Kier molecular flexibility index (Phi) is 4.49. The van der Waals surface area contributed by atoms with Crippen molar-refractivity contribution in [3.05, 3.63) is 33.8 Å². The second-order valence-electron chi connectivity index (χ2n) is 5.67. The molecule has 0 aliphatic carbocycles. The Morgan fingerprint density at radius 1 is 1.24 bits per heavy atom. The van der Waals surface area contributed by atoms with Crippen LogP contribution in [0.5, 0.6) is 0 Å². The minimum atomic E-state index is -0.894. The van der Waals surface area contributed by atoms with Gasteiger partial charge in [-0.3, -0.25) is 9.59 Å². The SMILES string of the molecule is CCC1NC(=O)C(C)(C)N(Cc2ccc(Cl)c(Cl)c2)C1=O. The van der Waals surface area contributed by atoms with Gasteiger partial charge >= 0.3 is 0 Å². The standard InChI is InChI=1S/C15H18Cl2N2O2/c1-4-12-13(20)19(15(2,3)14(21)18-12)8-9-5-6-10(16)11(17)7-9/h5-7,12H,4,8H2,1-3H3,(H,18,21). The van der Waals surface area contributed by atoms with E-state index in [1.54, 1.807) is 30.9 Å². The van der Waals surface area contributed by atoms with E-state index in [0.29, 0.717) is 23.0 Å². The smallest absolute Gasteiger partial charge is 0.246 e. The molecule has 1 atom stereocenters. The van der Waals surface area contributed by atoms with E-state index in [9.17, 15) is 9.59 Å². The molecule has 0 spiro atoms. The minimum absolute atomic E-state index is 0.0758. The molecule has 114 valence electrons. The lowest BCUT2D eigenvalue weighted by Crippen LogP contribution is -2.67. The molecule has 0 radical (unpaired) electrons. The molecule has 1 aliphatic heterocycles. The molecule has 4 nitrogen and oxygen atoms in total. The van der Waals surface area contributed by atoms with Crippen LogP contribution < -0.4 is 5.32 Å². The first-order valence-electron chi connectivity index (χ1n) is 6.83. The normalized spacial score (nSPS) is 21.4. The Morgan fingerprint density at radius 3 is 2.48 bits per heavy atom. The highest BCUT2D eigenvalue weighted by atomic mass is 35.5. The number of carbonyl (C=O) groups is 2. The lowest BCUT2D eigenvalue weighted by Gasteiger charge is -2.44. The van der Waals surface area contributed by atoms with Gasteiger partial charge in [-0.15, -0.1) is 0 Å². The van der Waals surface area contributed by atoms with Crippen molar-refractivity contribution in [2.45, 2.75) is 45.3 Å². The van der Waals surface area contributed by atoms with Crippen LogP contribution in [0, 0.1) is 0 Å². The zero-order chi connectivity index (χ0) is 15.8. The van der Waals surface area contributed by atoms with Gasteiger partial charge < -0.3 is 10.2 Å². The molecule has 2 amide bonds. The number of halogens is 2. The van der Waals surface area contributed by atoms with Crippen molar-refractivity contribution in [2.24, 2.45) is 0 Å². The van der Waals surface area contributed by atoms with Crippen LogP contribution in [-0.2, 0) is 16.1 Å². The summed E-state index contributed by atoms with van der Waals surface area (Å²) in [6.07, 6.45) is 0.568. The number of piperazine rings is 1. The quantitative estimate of drug-likeness (QED) is 0.927. The Bertz CT molecular complexity index is 587. The monoisotopic (exact) mass is 328 g/mol. The van der Waals surface area contributed by atoms with Gasteiger partial charge in [-0.1, -0.05) is 36.2 Å². The van der Waals surface area contributed by atoms with E-state index in [2.05, 4.69) is 5.32 Å². The molecule has 1 N–H and O–H groups in total. The maximum atomic E-state index is 12.5. The van der Waals surface area contributed by atoms with Crippen LogP contribution in [0.2, 0.25) is 10.0 Å². The number of carbonyl (C=O) groups excluding carboxylic acids is 2. The van der Waals surface area contributed by atoms with Crippen molar-refractivity contribution in [1.82, 2.24) is 10.2 Å². The van der Waals surface area contributed by atoms with Crippen LogP contribution >= 0.6 is 23.2 Å². The number of rotatable bonds is 3. The molecule has 6 heteroatoms. The molecule has 0 aromatic heterocycles. The predicted molar refractivity (Wildman–Crippen MR) is 83.3 cm³/mol. The summed E-state index contributed by atoms with van der Waals surface area (Å²) in [5, 5.41) is 3.67. The summed E-state index contributed by atoms with van der Waals surface area (Å²) in [4.78, 5) is 26.3. The molecule has 2 rings (SSSR count). The number of nitrogens with one attached hydrogen (secondary N) is 1. The maximum absolute atomic E-state index is 12.5. The summed E-state index contributed by atoms with van der Waals surface area (Å²) < 4.78 is 0. The van der Waals surface area contributed by atoms with E-state index in [1.807, 2.05) is 13.0 Å². The number of nitrogens with zero attached hydrogens (tertiary/aromatic N) is 1. The highest BCUT2D eigenvalue weighted by Gasteiger charge is 2.45. The van der Waals surface area contributed by atoms with E-state index in [-0.39, 0.29) is 11.8 Å². The molecule has 0 saturated carbocycles. The van der Waals surface area contributed by atoms with Gasteiger partial charge in [-0.25, -0.2) is 0 Å². The van der Waals surface area contributed by atoms with Gasteiger partial charge in [0.25, 0.3) is 0 Å². The van der Waals surface area contributed by atoms with Crippen molar-refractivity contribution in [3.8, 4) is 0 Å². The third-order valence-corrected chi connectivity index (χ3v) is 4.57. The van der Waals surface area contributed by atoms with Crippen molar-refractivity contribution < 1.29 is 9.59 Å². The van der Waals surface area contributed by atoms with Gasteiger partial charge in [0.15, 0.2) is 0 Å². The third kappa shape index (κ3) is 3.01. The first kappa shape index (κ1) is 16.1. The Morgan fingerprint density at radius 2 is 1.90 bits per heavy atom. The molecule has 0 bridgehead atoms. The minimum Gasteiger partial charge on any atom is -0.342 e. The molecule has 21 heavy (non-hydrogen) atoms. The van der Waals surface area contributed by atoms with Gasteiger partial charge in [0, 0.05) is 6.54 Å². The number of benzene rings is 1. The van der Waals surface area contributed by atoms with Crippen molar-refractivity contribution >= 4 is 35.0 Å². The van der Waals surface area contributed by atoms with Crippen LogP contribution in [0.15, 0.2) is 18.2 Å². The summed E-state index contributed by atoms with van der Waals surface area (Å²) in [5.41, 5.74) is -0.0510. The Hall–Kier alpha value is -1.26. The summed E-state index contributed by atoms with van der Waals surface area (Å²) in [6.45, 7) is 5.68. The second-order valence-corrected chi connectivity index (χ2v) is 6.48. The zero-order valence-corrected chi connectivity index (χ0v) is 13.8. The van der Waals surface area contributed by atoms with E-state index in [1.165, 1.54) is 0 Å². The van der Waals surface area contributed by atoms with Crippen LogP contribution in [0.25, 0.3) is 0 Å². The second kappa shape index (κ2) is 5.85. The topological polar surface area (TPSA) is 49.4 Å². The predicted octanol–water partition coefficient (Wildman–Crippen LogP) is 3.01. The number of hydrogen-bond acceptors (Lipinski definition) is 2. The summed E-state index contributed by atoms with van der Waals surface area (Å²) in [7, 11) is 0. The van der Waals surface area contributed by atoms with Gasteiger partial charge in [-0.05, 0) is 38.0 Å². The molecule has 1 heterocycles. The first-order valence-corrected chi connectivity index (χ1v) is 7.59. The molecule has 1 unspecified atom stereocenters. The van der Waals surface area contributed by atoms with E-state index < -0.39 is 11.6 Å². The molecule has 1 aromatic rings. The molecular formula is C15H18Cl2N2O2. The maximum Gasteiger partial charge on any atom is 0.246 e. The zero-order valence-electron chi connectivity index (χ0n) is 12.2. The molecule has 1 saturated heterocycles. The fourth-order valence-corrected chi connectivity index (χ4v) is 2.68. The van der Waals surface area contributed by atoms with Crippen molar-refractivity contribution in [3.63, 3.8) is 0 Å². The van der Waals surface area contributed by atoms with E-state index >= 15 is 0 Å². The van der Waals surface area contributed by atoms with Gasteiger partial charge in [-0.2, -0.15) is 0 Å². The summed E-state index contributed by atoms with van der Waals surface area (Å²) in [6, 6.07) is 4.76. The average molecular weight is 329 g/mol. The molecule has 1 aliphatic rings.